The SMILES string of the molecule is CC[C@@H]1CN2CCc3c([nH]c4cccc(OC)c34)[C@@H]2C[C@@H]1/C(=C\OC)C(=O)OC.O=[N+]([O-])c1cc([N+](=O)[O-])c(O)c([N+](=O)[O-])c1. The van der Waals surface area contributed by atoms with Gasteiger partial charge >= 0.3 is 17.3 Å². The molecule has 2 aromatic carbocycles. The standard InChI is InChI=1S/C23H30N2O4.C6H3N3O7/c1-5-14-12-25-10-9-15-21-18(7-6-8-20(21)28-3)24-22(15)19(25)11-16(14)17(13-27-2)23(26)29-4;10-6-4(8(13)14)1-3(7(11)12)2-5(6)9(15)16/h6-8,13-14,16,19,24H,5,9-12H2,1-4H3;1-2,10H/b17-13+;/t14-,16+,19+;/m1./s1. The number of benzene rings is 2. The highest BCUT2D eigenvalue weighted by Gasteiger charge is 2.42. The number of hydrogen-bond donors (Lipinski definition) is 2. The minimum Gasteiger partial charge on any atom is -0.504 e. The number of nitro groups is 3. The van der Waals surface area contributed by atoms with E-state index in [-0.39, 0.29) is 17.9 Å². The van der Waals surface area contributed by atoms with Crippen LogP contribution in [0.25, 0.3) is 10.9 Å². The Balaban J connectivity index is 0.000000245. The molecular formula is C29H33N5O11. The van der Waals surface area contributed by atoms with Crippen molar-refractivity contribution in [2.24, 2.45) is 11.8 Å². The zero-order valence-electron chi connectivity index (χ0n) is 25.1. The Morgan fingerprint density at radius 1 is 1.09 bits per heavy atom. The molecule has 16 nitrogen and oxygen atoms in total. The predicted molar refractivity (Wildman–Crippen MR) is 160 cm³/mol. The van der Waals surface area contributed by atoms with Crippen LogP contribution in [-0.4, -0.2) is 70.1 Å². The highest BCUT2D eigenvalue weighted by Crippen LogP contribution is 2.47. The van der Waals surface area contributed by atoms with Crippen molar-refractivity contribution in [3.63, 3.8) is 0 Å². The Bertz CT molecular complexity index is 1630. The van der Waals surface area contributed by atoms with E-state index in [4.69, 9.17) is 19.3 Å². The van der Waals surface area contributed by atoms with E-state index in [0.717, 1.165) is 43.6 Å². The molecule has 1 saturated heterocycles. The molecule has 0 spiro atoms. The summed E-state index contributed by atoms with van der Waals surface area (Å²) in [6.07, 6.45) is 4.46. The highest BCUT2D eigenvalue weighted by molar-refractivity contribution is 5.91. The molecule has 45 heavy (non-hydrogen) atoms. The lowest BCUT2D eigenvalue weighted by molar-refractivity contribution is -0.404. The first-order valence-corrected chi connectivity index (χ1v) is 14.0. The van der Waals surface area contributed by atoms with Crippen molar-refractivity contribution in [1.82, 2.24) is 9.88 Å². The summed E-state index contributed by atoms with van der Waals surface area (Å²) in [6.45, 7) is 4.19. The van der Waals surface area contributed by atoms with E-state index in [9.17, 15) is 35.1 Å². The average Bonchev–Trinajstić information content (AvgIpc) is 3.42. The monoisotopic (exact) mass is 627 g/mol. The quantitative estimate of drug-likeness (QED) is 0.112. The number of aromatic hydroxyl groups is 1. The fourth-order valence-corrected chi connectivity index (χ4v) is 6.26. The zero-order chi connectivity index (χ0) is 33.0. The van der Waals surface area contributed by atoms with Crippen molar-refractivity contribution < 1.29 is 38.9 Å². The molecule has 1 aromatic heterocycles. The third-order valence-corrected chi connectivity index (χ3v) is 8.33. The fraction of sp³-hybridized carbons (Fsp3) is 0.414. The number of nitrogens with one attached hydrogen (secondary N) is 1. The van der Waals surface area contributed by atoms with E-state index in [1.165, 1.54) is 23.8 Å². The van der Waals surface area contributed by atoms with Gasteiger partial charge in [0.15, 0.2) is 0 Å². The molecule has 2 aliphatic rings. The number of aromatic amines is 1. The number of phenols is 1. The van der Waals surface area contributed by atoms with Gasteiger partial charge in [-0.2, -0.15) is 0 Å². The first kappa shape index (κ1) is 32.7. The number of fused-ring (bicyclic) bond motifs is 5. The summed E-state index contributed by atoms with van der Waals surface area (Å²) in [7, 11) is 4.75. The van der Waals surface area contributed by atoms with Crippen molar-refractivity contribution in [2.75, 3.05) is 34.4 Å². The molecule has 5 rings (SSSR count). The Morgan fingerprint density at radius 2 is 1.76 bits per heavy atom. The molecule has 0 bridgehead atoms. The molecule has 0 amide bonds. The van der Waals surface area contributed by atoms with Gasteiger partial charge < -0.3 is 24.3 Å². The van der Waals surface area contributed by atoms with Crippen LogP contribution in [0.15, 0.2) is 42.2 Å². The van der Waals surface area contributed by atoms with Gasteiger partial charge in [0.2, 0.25) is 0 Å². The van der Waals surface area contributed by atoms with E-state index in [1.807, 2.05) is 12.1 Å². The maximum Gasteiger partial charge on any atom is 0.337 e. The second kappa shape index (κ2) is 13.6. The number of aromatic nitrogens is 1. The van der Waals surface area contributed by atoms with Crippen LogP contribution in [0.2, 0.25) is 0 Å². The van der Waals surface area contributed by atoms with E-state index in [0.29, 0.717) is 23.6 Å². The number of esters is 1. The number of piperidine rings is 1. The molecule has 0 saturated carbocycles. The van der Waals surface area contributed by atoms with Crippen LogP contribution >= 0.6 is 0 Å². The Kier molecular flexibility index (Phi) is 9.86. The molecule has 3 aromatic rings. The number of hydrogen-bond acceptors (Lipinski definition) is 12. The van der Waals surface area contributed by atoms with Gasteiger partial charge in [0, 0.05) is 29.7 Å². The number of carbonyl (C=O) groups is 1. The van der Waals surface area contributed by atoms with Crippen molar-refractivity contribution >= 4 is 33.9 Å². The number of non-ortho nitro benzene ring substituents is 1. The van der Waals surface area contributed by atoms with Gasteiger partial charge in [-0.25, -0.2) is 4.79 Å². The van der Waals surface area contributed by atoms with Crippen LogP contribution in [0, 0.1) is 42.2 Å². The van der Waals surface area contributed by atoms with Crippen LogP contribution in [-0.2, 0) is 20.7 Å². The molecule has 3 heterocycles. The van der Waals surface area contributed by atoms with Crippen LogP contribution in [0.1, 0.15) is 37.1 Å². The number of carbonyl (C=O) groups excluding carboxylic acids is 1. The number of methoxy groups -OCH3 is 3. The molecule has 0 radical (unpaired) electrons. The summed E-state index contributed by atoms with van der Waals surface area (Å²) in [5, 5.41) is 41.4. The molecule has 1 fully saturated rings. The Hall–Kier alpha value is -5.25. The first-order chi connectivity index (χ1) is 21.5. The third kappa shape index (κ3) is 6.35. The lowest BCUT2D eigenvalue weighted by Gasteiger charge is -2.46. The molecule has 0 aliphatic carbocycles. The lowest BCUT2D eigenvalue weighted by atomic mass is 9.74. The maximum absolute atomic E-state index is 12.5. The predicted octanol–water partition coefficient (Wildman–Crippen LogP) is 4.94. The molecule has 2 N–H and O–H groups in total. The van der Waals surface area contributed by atoms with Crippen molar-refractivity contribution in [1.29, 1.82) is 0 Å². The second-order valence-corrected chi connectivity index (χ2v) is 10.6. The molecule has 240 valence electrons. The van der Waals surface area contributed by atoms with E-state index >= 15 is 0 Å². The Labute approximate surface area is 256 Å². The van der Waals surface area contributed by atoms with Crippen molar-refractivity contribution in [3.05, 3.63) is 83.8 Å². The zero-order valence-corrected chi connectivity index (χ0v) is 25.1. The average molecular weight is 628 g/mol. The molecule has 3 atom stereocenters. The van der Waals surface area contributed by atoms with Crippen molar-refractivity contribution in [3.8, 4) is 11.5 Å². The van der Waals surface area contributed by atoms with Gasteiger partial charge in [-0.3, -0.25) is 35.2 Å². The van der Waals surface area contributed by atoms with Gasteiger partial charge in [-0.15, -0.1) is 0 Å². The Morgan fingerprint density at radius 3 is 2.29 bits per heavy atom. The van der Waals surface area contributed by atoms with Crippen molar-refractivity contribution in [2.45, 2.75) is 32.2 Å². The third-order valence-electron chi connectivity index (χ3n) is 8.33. The summed E-state index contributed by atoms with van der Waals surface area (Å²) in [5.41, 5.74) is 1.37. The van der Waals surface area contributed by atoms with Crippen LogP contribution in [0.3, 0.4) is 0 Å². The van der Waals surface area contributed by atoms with Crippen LogP contribution in [0.4, 0.5) is 17.1 Å². The number of ether oxygens (including phenoxy) is 3. The van der Waals surface area contributed by atoms with E-state index in [1.54, 1.807) is 20.5 Å². The molecule has 2 aliphatic heterocycles. The summed E-state index contributed by atoms with van der Waals surface area (Å²) >= 11 is 0. The van der Waals surface area contributed by atoms with E-state index < -0.39 is 37.6 Å². The van der Waals surface area contributed by atoms with Crippen LogP contribution < -0.4 is 4.74 Å². The van der Waals surface area contributed by atoms with Crippen LogP contribution in [0.5, 0.6) is 11.5 Å². The summed E-state index contributed by atoms with van der Waals surface area (Å²) in [6, 6.07) is 7.30. The summed E-state index contributed by atoms with van der Waals surface area (Å²) < 4.78 is 16.0. The summed E-state index contributed by atoms with van der Waals surface area (Å²) in [4.78, 5) is 46.5. The highest BCUT2D eigenvalue weighted by atomic mass is 16.6. The smallest absolute Gasteiger partial charge is 0.337 e. The number of nitrogens with zero attached hydrogens (tertiary/aromatic N) is 4. The lowest BCUT2D eigenvalue weighted by Crippen LogP contribution is -2.47. The maximum atomic E-state index is 12.5. The van der Waals surface area contributed by atoms with Gasteiger partial charge in [0.1, 0.15) is 5.75 Å². The topological polar surface area (TPSA) is 213 Å². The number of phenolic OH excluding ortho intramolecular Hbond substituents is 1. The largest absolute Gasteiger partial charge is 0.504 e. The minimum atomic E-state index is -1.21. The van der Waals surface area contributed by atoms with Gasteiger partial charge in [0.25, 0.3) is 11.4 Å². The first-order valence-electron chi connectivity index (χ1n) is 14.0. The van der Waals surface area contributed by atoms with E-state index in [2.05, 4.69) is 22.9 Å². The molecule has 16 heteroatoms. The fourth-order valence-electron chi connectivity index (χ4n) is 6.26. The number of rotatable bonds is 8. The molecular weight excluding hydrogens is 594 g/mol. The molecule has 0 unspecified atom stereocenters. The number of nitro benzene ring substituents is 3. The minimum absolute atomic E-state index is 0.105. The summed E-state index contributed by atoms with van der Waals surface area (Å²) in [5.74, 6) is -0.0828. The van der Waals surface area contributed by atoms with Gasteiger partial charge in [-0.1, -0.05) is 19.4 Å². The number of H-pyrrole nitrogens is 1. The normalized spacial score (nSPS) is 19.4. The second-order valence-electron chi connectivity index (χ2n) is 10.6. The van der Waals surface area contributed by atoms with Gasteiger partial charge in [-0.05, 0) is 42.4 Å². The van der Waals surface area contributed by atoms with Gasteiger partial charge in [0.05, 0.1) is 66.1 Å².